The summed E-state index contributed by atoms with van der Waals surface area (Å²) in [6.07, 6.45) is -4.65. The van der Waals surface area contributed by atoms with Crippen molar-refractivity contribution in [3.63, 3.8) is 0 Å². The molecule has 3 aliphatic heterocycles. The Hall–Kier alpha value is -3.42. The van der Waals surface area contributed by atoms with E-state index in [9.17, 15) is 32.3 Å². The Labute approximate surface area is 234 Å². The van der Waals surface area contributed by atoms with Gasteiger partial charge in [-0.3, -0.25) is 23.7 Å². The van der Waals surface area contributed by atoms with Crippen molar-refractivity contribution >= 4 is 46.5 Å². The number of morpholine rings is 1. The average molecular weight is 590 g/mol. The zero-order valence-corrected chi connectivity index (χ0v) is 22.4. The normalized spacial score (nSPS) is 22.8. The van der Waals surface area contributed by atoms with Crippen LogP contribution < -0.4 is 9.77 Å². The van der Waals surface area contributed by atoms with Crippen LogP contribution in [-0.2, 0) is 31.8 Å². The van der Waals surface area contributed by atoms with Crippen LogP contribution in [0.25, 0.3) is 0 Å². The third kappa shape index (κ3) is 4.55. The Kier molecular flexibility index (Phi) is 6.83. The minimum absolute atomic E-state index is 0.158. The zero-order chi connectivity index (χ0) is 28.2. The Morgan fingerprint density at radius 1 is 0.975 bits per heavy atom. The predicted octanol–water partition coefficient (Wildman–Crippen LogP) is 3.58. The molecule has 6 rings (SSSR count). The number of carbonyl (C=O) groups excluding carboxylic acids is 3. The average Bonchev–Trinajstić information content (AvgIpc) is 3.39. The molecule has 0 saturated carbocycles. The first-order valence-corrected chi connectivity index (χ1v) is 14.2. The number of hydrogen-bond donors (Lipinski definition) is 0. The van der Waals surface area contributed by atoms with E-state index in [1.807, 2.05) is 0 Å². The van der Waals surface area contributed by atoms with Gasteiger partial charge < -0.3 is 9.64 Å². The first-order valence-electron chi connectivity index (χ1n) is 12.5. The fraction of sp³-hybridized carbons (Fsp3) is 0.333. The molecular formula is C27H22F3N3O5S2. The lowest BCUT2D eigenvalue weighted by atomic mass is 9.83. The van der Waals surface area contributed by atoms with Gasteiger partial charge in [0, 0.05) is 23.9 Å². The molecule has 13 heteroatoms. The van der Waals surface area contributed by atoms with Crippen molar-refractivity contribution in [2.24, 2.45) is 5.92 Å². The Bertz CT molecular complexity index is 1550. The lowest BCUT2D eigenvalue weighted by Gasteiger charge is -2.31. The quantitative estimate of drug-likeness (QED) is 0.433. The summed E-state index contributed by atoms with van der Waals surface area (Å²) in [4.78, 5) is 56.4. The minimum Gasteiger partial charge on any atom is -0.378 e. The van der Waals surface area contributed by atoms with E-state index >= 15 is 0 Å². The number of thiazole rings is 1. The molecule has 3 aromatic rings. The number of amides is 3. The van der Waals surface area contributed by atoms with Gasteiger partial charge in [0.05, 0.1) is 35.4 Å². The van der Waals surface area contributed by atoms with Crippen LogP contribution in [0.1, 0.15) is 21.9 Å². The summed E-state index contributed by atoms with van der Waals surface area (Å²) in [5.74, 6) is -3.17. The van der Waals surface area contributed by atoms with Crippen molar-refractivity contribution in [2.75, 3.05) is 31.2 Å². The SMILES string of the molecule is O=C(Cn1c2c(sc1=O)[C@@H](c1ccccc1)[C@@H]1C(=O)N(c3cccc(C(F)(F)F)c3)C(=O)[C@@H]1S2)N1CCOCC1. The molecule has 0 radical (unpaired) electrons. The number of anilines is 1. The summed E-state index contributed by atoms with van der Waals surface area (Å²) >= 11 is 1.95. The van der Waals surface area contributed by atoms with Crippen molar-refractivity contribution in [3.8, 4) is 0 Å². The number of rotatable bonds is 4. The number of aromatic nitrogens is 1. The maximum atomic E-state index is 13.8. The van der Waals surface area contributed by atoms with Crippen LogP contribution >= 0.6 is 23.1 Å². The topological polar surface area (TPSA) is 88.9 Å². The summed E-state index contributed by atoms with van der Waals surface area (Å²) in [5, 5.41) is -0.558. The van der Waals surface area contributed by atoms with Crippen molar-refractivity contribution in [2.45, 2.75) is 28.9 Å². The smallest absolute Gasteiger partial charge is 0.378 e. The van der Waals surface area contributed by atoms with E-state index in [0.29, 0.717) is 41.8 Å². The molecular weight excluding hydrogens is 567 g/mol. The monoisotopic (exact) mass is 589 g/mol. The second-order valence-electron chi connectivity index (χ2n) is 9.63. The minimum atomic E-state index is -4.65. The molecule has 3 aliphatic rings. The number of ether oxygens (including phenoxy) is 1. The Morgan fingerprint density at radius 3 is 2.40 bits per heavy atom. The number of imide groups is 1. The van der Waals surface area contributed by atoms with Gasteiger partial charge >= 0.3 is 11.0 Å². The van der Waals surface area contributed by atoms with E-state index in [1.165, 1.54) is 10.6 Å². The van der Waals surface area contributed by atoms with Gasteiger partial charge in [0.2, 0.25) is 17.7 Å². The second kappa shape index (κ2) is 10.2. The molecule has 3 atom stereocenters. The first-order chi connectivity index (χ1) is 19.1. The van der Waals surface area contributed by atoms with E-state index in [-0.39, 0.29) is 23.0 Å². The molecule has 8 nitrogen and oxygen atoms in total. The lowest BCUT2D eigenvalue weighted by Crippen LogP contribution is -2.43. The Balaban J connectivity index is 1.42. The first kappa shape index (κ1) is 26.8. The number of nitrogens with zero attached hydrogens (tertiary/aromatic N) is 3. The molecule has 208 valence electrons. The highest BCUT2D eigenvalue weighted by Crippen LogP contribution is 2.54. The molecule has 3 amide bonds. The number of thioether (sulfide) groups is 1. The molecule has 1 aromatic heterocycles. The van der Waals surface area contributed by atoms with Gasteiger partial charge in [-0.05, 0) is 23.8 Å². The van der Waals surface area contributed by atoms with E-state index in [2.05, 4.69) is 0 Å². The predicted molar refractivity (Wildman–Crippen MR) is 141 cm³/mol. The molecule has 40 heavy (non-hydrogen) atoms. The fourth-order valence-corrected chi connectivity index (χ4v) is 8.17. The van der Waals surface area contributed by atoms with Crippen LogP contribution in [-0.4, -0.2) is 58.7 Å². The van der Waals surface area contributed by atoms with E-state index < -0.39 is 40.6 Å². The third-order valence-corrected chi connectivity index (χ3v) is 9.90. The number of fused-ring (bicyclic) bond motifs is 2. The van der Waals surface area contributed by atoms with Gasteiger partial charge in [-0.1, -0.05) is 59.5 Å². The molecule has 0 aliphatic carbocycles. The highest BCUT2D eigenvalue weighted by molar-refractivity contribution is 8.00. The summed E-state index contributed by atoms with van der Waals surface area (Å²) in [6, 6.07) is 13.1. The molecule has 2 fully saturated rings. The van der Waals surface area contributed by atoms with Crippen LogP contribution in [0.15, 0.2) is 64.4 Å². The highest BCUT2D eigenvalue weighted by Gasteiger charge is 2.57. The third-order valence-electron chi connectivity index (χ3n) is 7.30. The number of halogens is 3. The zero-order valence-electron chi connectivity index (χ0n) is 20.8. The number of alkyl halides is 3. The molecule has 0 bridgehead atoms. The van der Waals surface area contributed by atoms with E-state index in [1.54, 1.807) is 35.2 Å². The number of benzene rings is 2. The summed E-state index contributed by atoms with van der Waals surface area (Å²) in [6.45, 7) is 1.39. The van der Waals surface area contributed by atoms with Crippen molar-refractivity contribution in [3.05, 3.63) is 80.3 Å². The van der Waals surface area contributed by atoms with Gasteiger partial charge in [0.25, 0.3) is 0 Å². The van der Waals surface area contributed by atoms with Crippen LogP contribution in [0.4, 0.5) is 18.9 Å². The second-order valence-corrected chi connectivity index (χ2v) is 11.8. The number of carbonyl (C=O) groups is 3. The number of hydrogen-bond acceptors (Lipinski definition) is 7. The molecule has 0 unspecified atom stereocenters. The maximum absolute atomic E-state index is 13.8. The summed E-state index contributed by atoms with van der Waals surface area (Å²) < 4.78 is 46.9. The largest absolute Gasteiger partial charge is 0.416 e. The molecule has 0 spiro atoms. The van der Waals surface area contributed by atoms with Crippen LogP contribution in [0.3, 0.4) is 0 Å². The van der Waals surface area contributed by atoms with Gasteiger partial charge in [-0.15, -0.1) is 0 Å². The molecule has 2 saturated heterocycles. The van der Waals surface area contributed by atoms with E-state index in [0.717, 1.165) is 46.2 Å². The van der Waals surface area contributed by atoms with Gasteiger partial charge in [0.1, 0.15) is 11.8 Å². The van der Waals surface area contributed by atoms with Crippen LogP contribution in [0.5, 0.6) is 0 Å². The standard InChI is InChI=1S/C27H22F3N3O5S2/c28-27(29,30)16-7-4-8-17(13-16)33-23(35)20-19(15-5-2-1-3-6-15)22-25(39-21(20)24(33)36)32(26(37)40-22)14-18(34)31-9-11-38-12-10-31/h1-8,13,19-21H,9-12,14H2/t19-,20-,21+/m0/s1. The molecule has 2 aromatic carbocycles. The summed E-state index contributed by atoms with van der Waals surface area (Å²) in [5.41, 5.74) is -0.434. The summed E-state index contributed by atoms with van der Waals surface area (Å²) in [7, 11) is 0. The van der Waals surface area contributed by atoms with E-state index in [4.69, 9.17) is 4.74 Å². The Morgan fingerprint density at radius 2 is 1.70 bits per heavy atom. The lowest BCUT2D eigenvalue weighted by molar-refractivity contribution is -0.138. The van der Waals surface area contributed by atoms with Gasteiger partial charge in [0.15, 0.2) is 0 Å². The van der Waals surface area contributed by atoms with Gasteiger partial charge in [-0.2, -0.15) is 13.2 Å². The molecule has 4 heterocycles. The van der Waals surface area contributed by atoms with Crippen LogP contribution in [0.2, 0.25) is 0 Å². The van der Waals surface area contributed by atoms with Crippen molar-refractivity contribution < 1.29 is 32.3 Å². The van der Waals surface area contributed by atoms with Crippen molar-refractivity contribution in [1.29, 1.82) is 0 Å². The van der Waals surface area contributed by atoms with Gasteiger partial charge in [-0.25, -0.2) is 4.90 Å². The highest BCUT2D eigenvalue weighted by atomic mass is 32.2. The maximum Gasteiger partial charge on any atom is 0.416 e. The fourth-order valence-electron chi connectivity index (χ4n) is 5.40. The molecule has 0 N–H and O–H groups in total. The van der Waals surface area contributed by atoms with Crippen molar-refractivity contribution in [1.82, 2.24) is 9.47 Å². The van der Waals surface area contributed by atoms with Crippen LogP contribution in [0, 0.1) is 5.92 Å².